The van der Waals surface area contributed by atoms with Gasteiger partial charge in [-0.05, 0) is 44.9 Å². The second-order valence-electron chi connectivity index (χ2n) is 4.61. The van der Waals surface area contributed by atoms with Crippen molar-refractivity contribution in [1.82, 2.24) is 5.32 Å². The topological polar surface area (TPSA) is 89.3 Å². The van der Waals surface area contributed by atoms with Crippen LogP contribution < -0.4 is 10.5 Å². The summed E-state index contributed by atoms with van der Waals surface area (Å²) >= 11 is 0. The largest absolute Gasteiger partial charge is 0.350 e. The van der Waals surface area contributed by atoms with Crippen LogP contribution in [0.5, 0.6) is 0 Å². The maximum absolute atomic E-state index is 11.9. The predicted molar refractivity (Wildman–Crippen MR) is 69.9 cm³/mol. The number of nitrogens with two attached hydrogens (primary N) is 1. The van der Waals surface area contributed by atoms with Crippen molar-refractivity contribution in [3.05, 3.63) is 28.8 Å². The predicted octanol–water partition coefficient (Wildman–Crippen LogP) is 1.09. The van der Waals surface area contributed by atoms with E-state index in [1.54, 1.807) is 19.9 Å². The Bertz CT molecular complexity index is 577. The van der Waals surface area contributed by atoms with Crippen LogP contribution in [0.1, 0.15) is 35.3 Å². The molecule has 5 nitrogen and oxygen atoms in total. The molecule has 6 heteroatoms. The number of hydrogen-bond donors (Lipinski definition) is 2. The maximum atomic E-state index is 11.9. The summed E-state index contributed by atoms with van der Waals surface area (Å²) in [6, 6.07) is 2.96. The molecule has 0 heterocycles. The molecular weight excluding hydrogens is 252 g/mol. The fraction of sp³-hybridized carbons (Fsp3) is 0.417. The number of carbonyl (C=O) groups excluding carboxylic acids is 1. The van der Waals surface area contributed by atoms with E-state index < -0.39 is 10.0 Å². The van der Waals surface area contributed by atoms with Crippen molar-refractivity contribution in [3.8, 4) is 0 Å². The van der Waals surface area contributed by atoms with E-state index >= 15 is 0 Å². The summed E-state index contributed by atoms with van der Waals surface area (Å²) in [7, 11) is -3.81. The summed E-state index contributed by atoms with van der Waals surface area (Å²) in [6.45, 7) is 7.08. The van der Waals surface area contributed by atoms with E-state index in [4.69, 9.17) is 5.14 Å². The maximum Gasteiger partial charge on any atom is 0.251 e. The van der Waals surface area contributed by atoms with Crippen molar-refractivity contribution in [2.45, 2.75) is 38.6 Å². The van der Waals surface area contributed by atoms with E-state index in [-0.39, 0.29) is 16.8 Å². The summed E-state index contributed by atoms with van der Waals surface area (Å²) in [6.07, 6.45) is 0. The summed E-state index contributed by atoms with van der Waals surface area (Å²) in [5.74, 6) is -0.299. The molecule has 1 amide bonds. The van der Waals surface area contributed by atoms with Crippen LogP contribution in [0.15, 0.2) is 17.0 Å². The Morgan fingerprint density at radius 2 is 1.78 bits per heavy atom. The summed E-state index contributed by atoms with van der Waals surface area (Å²) < 4.78 is 22.8. The van der Waals surface area contributed by atoms with E-state index in [2.05, 4.69) is 5.32 Å². The normalized spacial score (nSPS) is 11.7. The monoisotopic (exact) mass is 270 g/mol. The van der Waals surface area contributed by atoms with Crippen LogP contribution in [0.4, 0.5) is 0 Å². The van der Waals surface area contributed by atoms with Crippen LogP contribution in [0.3, 0.4) is 0 Å². The zero-order valence-electron chi connectivity index (χ0n) is 10.9. The third-order valence-electron chi connectivity index (χ3n) is 2.49. The van der Waals surface area contributed by atoms with E-state index in [0.29, 0.717) is 11.1 Å². The molecule has 3 N–H and O–H groups in total. The van der Waals surface area contributed by atoms with Gasteiger partial charge in [-0.2, -0.15) is 0 Å². The van der Waals surface area contributed by atoms with Crippen LogP contribution in [0, 0.1) is 13.8 Å². The van der Waals surface area contributed by atoms with Crippen LogP contribution >= 0.6 is 0 Å². The van der Waals surface area contributed by atoms with Gasteiger partial charge in [0.15, 0.2) is 0 Å². The van der Waals surface area contributed by atoms with Crippen molar-refractivity contribution in [1.29, 1.82) is 0 Å². The Morgan fingerprint density at radius 1 is 1.22 bits per heavy atom. The molecule has 18 heavy (non-hydrogen) atoms. The zero-order valence-corrected chi connectivity index (χ0v) is 11.8. The molecule has 1 rings (SSSR count). The number of aryl methyl sites for hydroxylation is 2. The molecule has 0 aromatic heterocycles. The molecule has 0 saturated heterocycles. The number of amides is 1. The fourth-order valence-electron chi connectivity index (χ4n) is 1.72. The Hall–Kier alpha value is -1.40. The zero-order chi connectivity index (χ0) is 14.1. The van der Waals surface area contributed by atoms with Gasteiger partial charge in [0.1, 0.15) is 0 Å². The molecule has 0 bridgehead atoms. The lowest BCUT2D eigenvalue weighted by Gasteiger charge is -2.13. The molecule has 0 fully saturated rings. The van der Waals surface area contributed by atoms with Gasteiger partial charge in [0, 0.05) is 11.6 Å². The Morgan fingerprint density at radius 3 is 2.22 bits per heavy atom. The van der Waals surface area contributed by atoms with Crippen molar-refractivity contribution >= 4 is 15.9 Å². The molecule has 1 aromatic carbocycles. The van der Waals surface area contributed by atoms with Crippen molar-refractivity contribution < 1.29 is 13.2 Å². The number of nitrogens with one attached hydrogen (secondary N) is 1. The van der Waals surface area contributed by atoms with E-state index in [1.165, 1.54) is 6.07 Å². The third-order valence-corrected chi connectivity index (χ3v) is 3.55. The highest BCUT2D eigenvalue weighted by atomic mass is 32.2. The van der Waals surface area contributed by atoms with Crippen LogP contribution in [-0.2, 0) is 10.0 Å². The Kier molecular flexibility index (Phi) is 4.13. The van der Waals surface area contributed by atoms with Crippen LogP contribution in [-0.4, -0.2) is 20.4 Å². The van der Waals surface area contributed by atoms with Gasteiger partial charge >= 0.3 is 0 Å². The van der Waals surface area contributed by atoms with Gasteiger partial charge in [-0.15, -0.1) is 0 Å². The van der Waals surface area contributed by atoms with Gasteiger partial charge < -0.3 is 5.32 Å². The van der Waals surface area contributed by atoms with Crippen LogP contribution in [0.25, 0.3) is 0 Å². The first-order valence-corrected chi connectivity index (χ1v) is 7.12. The molecule has 0 aliphatic carbocycles. The highest BCUT2D eigenvalue weighted by Crippen LogP contribution is 2.19. The minimum atomic E-state index is -3.81. The lowest BCUT2D eigenvalue weighted by atomic mass is 10.0. The van der Waals surface area contributed by atoms with E-state index in [1.807, 2.05) is 13.8 Å². The van der Waals surface area contributed by atoms with E-state index in [0.717, 1.165) is 5.56 Å². The van der Waals surface area contributed by atoms with Gasteiger partial charge in [-0.1, -0.05) is 6.07 Å². The number of benzene rings is 1. The first-order valence-electron chi connectivity index (χ1n) is 5.58. The Balaban J connectivity index is 3.34. The Labute approximate surface area is 107 Å². The average molecular weight is 270 g/mol. The second kappa shape index (κ2) is 5.07. The first-order chi connectivity index (χ1) is 8.12. The number of sulfonamides is 1. The quantitative estimate of drug-likeness (QED) is 0.861. The standard InChI is InChI=1S/C12H18N2O3S/c1-7(2)14-12(15)10-6-11(18(13,16)17)9(4)5-8(10)3/h5-7H,1-4H3,(H,14,15)(H2,13,16,17). The SMILES string of the molecule is Cc1cc(C)c(S(N)(=O)=O)cc1C(=O)NC(C)C. The molecule has 0 saturated carbocycles. The average Bonchev–Trinajstić information content (AvgIpc) is 2.13. The number of primary sulfonamides is 1. The molecule has 0 spiro atoms. The molecule has 1 aromatic rings. The van der Waals surface area contributed by atoms with Gasteiger partial charge in [0.05, 0.1) is 4.90 Å². The van der Waals surface area contributed by atoms with Crippen molar-refractivity contribution in [2.75, 3.05) is 0 Å². The molecule has 0 unspecified atom stereocenters. The first kappa shape index (κ1) is 14.7. The number of hydrogen-bond acceptors (Lipinski definition) is 3. The fourth-order valence-corrected chi connectivity index (χ4v) is 2.51. The second-order valence-corrected chi connectivity index (χ2v) is 6.14. The minimum Gasteiger partial charge on any atom is -0.350 e. The molecule has 0 radical (unpaired) electrons. The van der Waals surface area contributed by atoms with Gasteiger partial charge in [0.2, 0.25) is 10.0 Å². The van der Waals surface area contributed by atoms with Crippen molar-refractivity contribution in [3.63, 3.8) is 0 Å². The summed E-state index contributed by atoms with van der Waals surface area (Å²) in [5, 5.41) is 7.84. The molecule has 100 valence electrons. The number of carbonyl (C=O) groups is 1. The van der Waals surface area contributed by atoms with Crippen LogP contribution in [0.2, 0.25) is 0 Å². The highest BCUT2D eigenvalue weighted by Gasteiger charge is 2.17. The lowest BCUT2D eigenvalue weighted by Crippen LogP contribution is -2.31. The smallest absolute Gasteiger partial charge is 0.251 e. The number of rotatable bonds is 3. The minimum absolute atomic E-state index is 0.0120. The third kappa shape index (κ3) is 3.30. The van der Waals surface area contributed by atoms with Gasteiger partial charge in [-0.3, -0.25) is 4.79 Å². The molecule has 0 aliphatic rings. The summed E-state index contributed by atoms with van der Waals surface area (Å²) in [5.41, 5.74) is 1.59. The molecule has 0 atom stereocenters. The van der Waals surface area contributed by atoms with Gasteiger partial charge in [-0.25, -0.2) is 13.6 Å². The molecular formula is C12H18N2O3S. The molecule has 0 aliphatic heterocycles. The highest BCUT2D eigenvalue weighted by molar-refractivity contribution is 7.89. The van der Waals surface area contributed by atoms with E-state index in [9.17, 15) is 13.2 Å². The summed E-state index contributed by atoms with van der Waals surface area (Å²) in [4.78, 5) is 11.9. The van der Waals surface area contributed by atoms with Gasteiger partial charge in [0.25, 0.3) is 5.91 Å². The van der Waals surface area contributed by atoms with Crippen molar-refractivity contribution in [2.24, 2.45) is 5.14 Å². The lowest BCUT2D eigenvalue weighted by molar-refractivity contribution is 0.0942.